The van der Waals surface area contributed by atoms with Gasteiger partial charge in [0.25, 0.3) is 0 Å². The Hall–Kier alpha value is -2.43. The lowest BCUT2D eigenvalue weighted by atomic mass is 10.2. The van der Waals surface area contributed by atoms with Gasteiger partial charge in [0.2, 0.25) is 0 Å². The van der Waals surface area contributed by atoms with E-state index in [0.717, 1.165) is 11.4 Å². The normalized spacial score (nSPS) is 10.9. The molecule has 0 saturated heterocycles. The van der Waals surface area contributed by atoms with Crippen LogP contribution < -0.4 is 10.7 Å². The number of hydrazone groups is 1. The third-order valence-electron chi connectivity index (χ3n) is 2.29. The highest BCUT2D eigenvalue weighted by molar-refractivity contribution is 5.79. The zero-order valence-electron chi connectivity index (χ0n) is 11.0. The minimum absolute atomic E-state index is 0.337. The number of rotatable bonds is 5. The number of hydrogen-bond acceptors (Lipinski definition) is 5. The fourth-order valence-corrected chi connectivity index (χ4v) is 1.48. The molecular weight excluding hydrogens is 238 g/mol. The van der Waals surface area contributed by atoms with Crippen molar-refractivity contribution in [3.05, 3.63) is 48.0 Å². The zero-order valence-corrected chi connectivity index (χ0v) is 11.0. The van der Waals surface area contributed by atoms with Crippen LogP contribution in [0, 0.1) is 0 Å². The lowest BCUT2D eigenvalue weighted by Crippen LogP contribution is -2.11. The van der Waals surface area contributed by atoms with E-state index in [9.17, 15) is 0 Å². The molecule has 5 nitrogen and oxygen atoms in total. The van der Waals surface area contributed by atoms with E-state index in [1.165, 1.54) is 0 Å². The molecular formula is C14H17N5. The maximum Gasteiger partial charge on any atom is 0.168 e. The second-order valence-electron chi connectivity index (χ2n) is 4.38. The van der Waals surface area contributed by atoms with E-state index in [-0.39, 0.29) is 0 Å². The van der Waals surface area contributed by atoms with Gasteiger partial charge in [0.05, 0.1) is 6.21 Å². The van der Waals surface area contributed by atoms with Gasteiger partial charge in [-0.05, 0) is 31.5 Å². The predicted octanol–water partition coefficient (Wildman–Crippen LogP) is 2.74. The van der Waals surface area contributed by atoms with Gasteiger partial charge in [-0.25, -0.2) is 0 Å². The van der Waals surface area contributed by atoms with Crippen LogP contribution in [0.1, 0.15) is 19.4 Å². The maximum absolute atomic E-state index is 4.10. The van der Waals surface area contributed by atoms with Crippen molar-refractivity contribution in [1.29, 1.82) is 0 Å². The molecule has 98 valence electrons. The second kappa shape index (κ2) is 6.49. The molecule has 0 fully saturated rings. The summed E-state index contributed by atoms with van der Waals surface area (Å²) in [4.78, 5) is 0. The van der Waals surface area contributed by atoms with Crippen LogP contribution in [0.2, 0.25) is 0 Å². The maximum atomic E-state index is 4.10. The first-order chi connectivity index (χ1) is 9.24. The standard InChI is InChI=1S/C14H17N5/c1-11(2)16-13-8-9-14(19-18-13)17-15-10-12-6-4-3-5-7-12/h3-11H,1-2H3,(H,16,18)(H,17,19)/b15-10-. The van der Waals surface area contributed by atoms with E-state index in [0.29, 0.717) is 11.9 Å². The predicted molar refractivity (Wildman–Crippen MR) is 78.4 cm³/mol. The van der Waals surface area contributed by atoms with Crippen LogP contribution in [0.3, 0.4) is 0 Å². The number of nitrogens with one attached hydrogen (secondary N) is 2. The Bertz CT molecular complexity index is 519. The highest BCUT2D eigenvalue weighted by Gasteiger charge is 1.97. The molecule has 1 aromatic carbocycles. The van der Waals surface area contributed by atoms with Crippen LogP contribution in [0.4, 0.5) is 11.6 Å². The molecule has 1 aromatic heterocycles. The van der Waals surface area contributed by atoms with E-state index in [4.69, 9.17) is 0 Å². The van der Waals surface area contributed by atoms with E-state index >= 15 is 0 Å². The molecule has 0 aliphatic rings. The molecule has 0 radical (unpaired) electrons. The van der Waals surface area contributed by atoms with Crippen molar-refractivity contribution >= 4 is 17.9 Å². The molecule has 0 bridgehead atoms. The van der Waals surface area contributed by atoms with E-state index in [1.807, 2.05) is 42.5 Å². The van der Waals surface area contributed by atoms with Crippen molar-refractivity contribution < 1.29 is 0 Å². The van der Waals surface area contributed by atoms with Gasteiger partial charge in [0.1, 0.15) is 5.82 Å². The number of hydrogen-bond donors (Lipinski definition) is 2. The topological polar surface area (TPSA) is 62.2 Å². The van der Waals surface area contributed by atoms with Gasteiger partial charge in [-0.2, -0.15) is 5.10 Å². The minimum Gasteiger partial charge on any atom is -0.366 e. The van der Waals surface area contributed by atoms with Crippen molar-refractivity contribution in [1.82, 2.24) is 10.2 Å². The van der Waals surface area contributed by atoms with E-state index < -0.39 is 0 Å². The summed E-state index contributed by atoms with van der Waals surface area (Å²) >= 11 is 0. The first-order valence-electron chi connectivity index (χ1n) is 6.18. The third-order valence-corrected chi connectivity index (χ3v) is 2.29. The van der Waals surface area contributed by atoms with Crippen molar-refractivity contribution in [2.45, 2.75) is 19.9 Å². The molecule has 0 aliphatic carbocycles. The summed E-state index contributed by atoms with van der Waals surface area (Å²) in [6.45, 7) is 4.11. The summed E-state index contributed by atoms with van der Waals surface area (Å²) < 4.78 is 0. The second-order valence-corrected chi connectivity index (χ2v) is 4.38. The first kappa shape index (κ1) is 13.0. The molecule has 0 saturated carbocycles. The van der Waals surface area contributed by atoms with Crippen LogP contribution in [0.15, 0.2) is 47.6 Å². The van der Waals surface area contributed by atoms with Gasteiger partial charge in [0.15, 0.2) is 5.82 Å². The molecule has 0 spiro atoms. The van der Waals surface area contributed by atoms with Crippen molar-refractivity contribution in [3.8, 4) is 0 Å². The van der Waals surface area contributed by atoms with Crippen LogP contribution in [-0.4, -0.2) is 22.5 Å². The lowest BCUT2D eigenvalue weighted by molar-refractivity contribution is 0.874. The molecule has 2 aromatic rings. The average Bonchev–Trinajstić information content (AvgIpc) is 2.41. The third kappa shape index (κ3) is 4.39. The van der Waals surface area contributed by atoms with Crippen molar-refractivity contribution in [2.24, 2.45) is 5.10 Å². The molecule has 0 aliphatic heterocycles. The Morgan fingerprint density at radius 3 is 2.32 bits per heavy atom. The summed E-state index contributed by atoms with van der Waals surface area (Å²) in [5, 5.41) is 15.4. The first-order valence-corrected chi connectivity index (χ1v) is 6.18. The number of benzene rings is 1. The van der Waals surface area contributed by atoms with Gasteiger partial charge < -0.3 is 5.32 Å². The average molecular weight is 255 g/mol. The smallest absolute Gasteiger partial charge is 0.168 e. The molecule has 5 heteroatoms. The molecule has 2 N–H and O–H groups in total. The Balaban J connectivity index is 1.91. The van der Waals surface area contributed by atoms with Gasteiger partial charge in [-0.3, -0.25) is 5.43 Å². The summed E-state index contributed by atoms with van der Waals surface area (Å²) in [5.74, 6) is 1.37. The summed E-state index contributed by atoms with van der Waals surface area (Å²) in [6.07, 6.45) is 1.74. The SMILES string of the molecule is CC(C)Nc1ccc(N/N=C\c2ccccc2)nn1. The fourth-order valence-electron chi connectivity index (χ4n) is 1.48. The highest BCUT2D eigenvalue weighted by atomic mass is 15.3. The molecule has 19 heavy (non-hydrogen) atoms. The quantitative estimate of drug-likeness (QED) is 0.637. The number of nitrogens with zero attached hydrogens (tertiary/aromatic N) is 3. The Morgan fingerprint density at radius 2 is 1.68 bits per heavy atom. The van der Waals surface area contributed by atoms with Crippen LogP contribution in [0.5, 0.6) is 0 Å². The van der Waals surface area contributed by atoms with Crippen LogP contribution in [-0.2, 0) is 0 Å². The van der Waals surface area contributed by atoms with Crippen molar-refractivity contribution in [2.75, 3.05) is 10.7 Å². The largest absolute Gasteiger partial charge is 0.366 e. The van der Waals surface area contributed by atoms with E-state index in [1.54, 1.807) is 6.21 Å². The Morgan fingerprint density at radius 1 is 1.00 bits per heavy atom. The Labute approximate surface area is 112 Å². The summed E-state index contributed by atoms with van der Waals surface area (Å²) in [7, 11) is 0. The molecule has 0 unspecified atom stereocenters. The lowest BCUT2D eigenvalue weighted by Gasteiger charge is -2.07. The molecule has 0 atom stereocenters. The number of anilines is 2. The highest BCUT2D eigenvalue weighted by Crippen LogP contribution is 2.07. The van der Waals surface area contributed by atoms with Gasteiger partial charge in [-0.1, -0.05) is 30.3 Å². The van der Waals surface area contributed by atoms with E-state index in [2.05, 4.69) is 39.9 Å². The van der Waals surface area contributed by atoms with Crippen molar-refractivity contribution in [3.63, 3.8) is 0 Å². The molecule has 0 amide bonds. The summed E-state index contributed by atoms with van der Waals surface area (Å²) in [5.41, 5.74) is 3.87. The van der Waals surface area contributed by atoms with Gasteiger partial charge >= 0.3 is 0 Å². The number of aromatic nitrogens is 2. The summed E-state index contributed by atoms with van der Waals surface area (Å²) in [6, 6.07) is 13.9. The van der Waals surface area contributed by atoms with Crippen LogP contribution in [0.25, 0.3) is 0 Å². The molecule has 2 rings (SSSR count). The van der Waals surface area contributed by atoms with Gasteiger partial charge in [-0.15, -0.1) is 10.2 Å². The monoisotopic (exact) mass is 255 g/mol. The Kier molecular flexibility index (Phi) is 4.44. The minimum atomic E-state index is 0.337. The van der Waals surface area contributed by atoms with Gasteiger partial charge in [0, 0.05) is 6.04 Å². The zero-order chi connectivity index (χ0) is 13.5. The van der Waals surface area contributed by atoms with Crippen LogP contribution >= 0.6 is 0 Å². The fraction of sp³-hybridized carbons (Fsp3) is 0.214. The molecule has 1 heterocycles.